The Balaban J connectivity index is 1.35. The Hall–Kier alpha value is -5.11. The summed E-state index contributed by atoms with van der Waals surface area (Å²) in [5, 5.41) is 8.23. The van der Waals surface area contributed by atoms with Gasteiger partial charge in [0.1, 0.15) is 11.5 Å². The van der Waals surface area contributed by atoms with Crippen molar-refractivity contribution < 1.29 is 19.1 Å². The summed E-state index contributed by atoms with van der Waals surface area (Å²) in [4.78, 5) is 27.1. The summed E-state index contributed by atoms with van der Waals surface area (Å²) in [6.45, 7) is 0.572. The van der Waals surface area contributed by atoms with Gasteiger partial charge < -0.3 is 19.8 Å². The molecule has 8 heteroatoms. The standard InChI is InChI=1S/C30H26N4O4/c1-31-30(36)29-24-13-15-32-26(24)10-11-27(29)38-23-8-4-7-22(18-23)25-14-16-34(33-25)19-21-6-3-5-20(17-21)9-12-28(35)37-2/h3-18,32H,19H2,1-2H3,(H,31,36)/b12-9+. The fourth-order valence-electron chi connectivity index (χ4n) is 4.22. The Morgan fingerprint density at radius 2 is 1.92 bits per heavy atom. The molecular formula is C30H26N4O4. The summed E-state index contributed by atoms with van der Waals surface area (Å²) in [7, 11) is 2.95. The average molecular weight is 507 g/mol. The number of hydrogen-bond acceptors (Lipinski definition) is 5. The van der Waals surface area contributed by atoms with Crippen LogP contribution in [0.5, 0.6) is 11.5 Å². The van der Waals surface area contributed by atoms with E-state index in [0.717, 1.165) is 33.3 Å². The molecule has 0 fully saturated rings. The number of aromatic amines is 1. The first-order valence-electron chi connectivity index (χ1n) is 12.0. The minimum absolute atomic E-state index is 0.218. The normalized spacial score (nSPS) is 11.1. The van der Waals surface area contributed by atoms with Gasteiger partial charge in [0.15, 0.2) is 0 Å². The second-order valence-corrected chi connectivity index (χ2v) is 8.59. The van der Waals surface area contributed by atoms with Crippen molar-refractivity contribution in [2.24, 2.45) is 0 Å². The van der Waals surface area contributed by atoms with Gasteiger partial charge in [0.05, 0.1) is 24.9 Å². The molecule has 0 bridgehead atoms. The van der Waals surface area contributed by atoms with Crippen LogP contribution in [-0.2, 0) is 16.1 Å². The van der Waals surface area contributed by atoms with Crippen molar-refractivity contribution in [3.8, 4) is 22.8 Å². The van der Waals surface area contributed by atoms with Crippen LogP contribution >= 0.6 is 0 Å². The van der Waals surface area contributed by atoms with E-state index >= 15 is 0 Å². The molecule has 2 aromatic heterocycles. The van der Waals surface area contributed by atoms with Gasteiger partial charge in [0, 0.05) is 42.0 Å². The number of H-pyrrole nitrogens is 1. The van der Waals surface area contributed by atoms with E-state index in [4.69, 9.17) is 9.84 Å². The van der Waals surface area contributed by atoms with Gasteiger partial charge in [-0.3, -0.25) is 9.48 Å². The van der Waals surface area contributed by atoms with Gasteiger partial charge in [-0.1, -0.05) is 30.3 Å². The Morgan fingerprint density at radius 3 is 2.76 bits per heavy atom. The molecule has 0 aliphatic carbocycles. The lowest BCUT2D eigenvalue weighted by Gasteiger charge is -2.12. The molecule has 1 amide bonds. The molecule has 3 aromatic carbocycles. The van der Waals surface area contributed by atoms with Gasteiger partial charge in [-0.2, -0.15) is 5.10 Å². The van der Waals surface area contributed by atoms with Crippen molar-refractivity contribution in [3.05, 3.63) is 108 Å². The Labute approximate surface area is 219 Å². The number of aromatic nitrogens is 3. The fourth-order valence-corrected chi connectivity index (χ4v) is 4.22. The highest BCUT2D eigenvalue weighted by Crippen LogP contribution is 2.33. The topological polar surface area (TPSA) is 98.2 Å². The molecule has 0 aliphatic rings. The van der Waals surface area contributed by atoms with Gasteiger partial charge in [-0.15, -0.1) is 0 Å². The average Bonchev–Trinajstić information content (AvgIpc) is 3.61. The second-order valence-electron chi connectivity index (χ2n) is 8.59. The zero-order chi connectivity index (χ0) is 26.5. The summed E-state index contributed by atoms with van der Waals surface area (Å²) >= 11 is 0. The molecule has 190 valence electrons. The molecule has 0 unspecified atom stereocenters. The highest BCUT2D eigenvalue weighted by molar-refractivity contribution is 6.08. The molecule has 38 heavy (non-hydrogen) atoms. The molecule has 5 aromatic rings. The SMILES string of the molecule is CNC(=O)c1c(Oc2cccc(-c3ccn(Cc4cccc(/C=C/C(=O)OC)c4)n3)c2)ccc2[nH]ccc12. The molecule has 2 N–H and O–H groups in total. The third-order valence-corrected chi connectivity index (χ3v) is 6.06. The van der Waals surface area contributed by atoms with Crippen molar-refractivity contribution in [2.75, 3.05) is 14.2 Å². The Morgan fingerprint density at radius 1 is 1.05 bits per heavy atom. The van der Waals surface area contributed by atoms with Gasteiger partial charge in [0.2, 0.25) is 0 Å². The van der Waals surface area contributed by atoms with Crippen LogP contribution in [0.15, 0.2) is 91.3 Å². The molecule has 8 nitrogen and oxygen atoms in total. The summed E-state index contributed by atoms with van der Waals surface area (Å²) in [6.07, 6.45) is 6.84. The predicted molar refractivity (Wildman–Crippen MR) is 146 cm³/mol. The van der Waals surface area contributed by atoms with E-state index in [1.165, 1.54) is 13.2 Å². The van der Waals surface area contributed by atoms with Crippen molar-refractivity contribution in [1.82, 2.24) is 20.1 Å². The van der Waals surface area contributed by atoms with E-state index in [0.29, 0.717) is 23.6 Å². The molecule has 5 rings (SSSR count). The maximum atomic E-state index is 12.6. The predicted octanol–water partition coefficient (Wildman–Crippen LogP) is 5.42. The first-order valence-corrected chi connectivity index (χ1v) is 12.0. The van der Waals surface area contributed by atoms with E-state index in [1.54, 1.807) is 25.4 Å². The number of amides is 1. The van der Waals surface area contributed by atoms with Crippen LogP contribution in [0.2, 0.25) is 0 Å². The van der Waals surface area contributed by atoms with Crippen LogP contribution in [0.25, 0.3) is 28.2 Å². The molecular weight excluding hydrogens is 480 g/mol. The van der Waals surface area contributed by atoms with Gasteiger partial charge in [0.25, 0.3) is 5.91 Å². The monoisotopic (exact) mass is 506 g/mol. The summed E-state index contributed by atoms with van der Waals surface area (Å²) in [6, 6.07) is 23.0. The maximum Gasteiger partial charge on any atom is 0.330 e. The number of hydrogen-bond donors (Lipinski definition) is 2. The second kappa shape index (κ2) is 10.9. The fraction of sp³-hybridized carbons (Fsp3) is 0.100. The third kappa shape index (κ3) is 5.34. The van der Waals surface area contributed by atoms with E-state index in [2.05, 4.69) is 15.0 Å². The first-order chi connectivity index (χ1) is 18.5. The smallest absolute Gasteiger partial charge is 0.330 e. The van der Waals surface area contributed by atoms with Crippen LogP contribution in [0.1, 0.15) is 21.5 Å². The number of carbonyl (C=O) groups is 2. The van der Waals surface area contributed by atoms with Crippen molar-refractivity contribution in [1.29, 1.82) is 0 Å². The third-order valence-electron chi connectivity index (χ3n) is 6.06. The largest absolute Gasteiger partial charge is 0.466 e. The summed E-state index contributed by atoms with van der Waals surface area (Å²) < 4.78 is 12.7. The molecule has 0 saturated heterocycles. The molecule has 2 heterocycles. The number of nitrogens with one attached hydrogen (secondary N) is 2. The van der Waals surface area contributed by atoms with Crippen molar-refractivity contribution >= 4 is 28.9 Å². The lowest BCUT2D eigenvalue weighted by Crippen LogP contribution is -2.18. The lowest BCUT2D eigenvalue weighted by molar-refractivity contribution is -0.134. The van der Waals surface area contributed by atoms with Crippen LogP contribution in [0.4, 0.5) is 0 Å². The van der Waals surface area contributed by atoms with E-state index in [9.17, 15) is 9.59 Å². The number of benzene rings is 3. The number of esters is 1. The van der Waals surface area contributed by atoms with Crippen LogP contribution < -0.4 is 10.1 Å². The highest BCUT2D eigenvalue weighted by atomic mass is 16.5. The van der Waals surface area contributed by atoms with Crippen molar-refractivity contribution in [3.63, 3.8) is 0 Å². The van der Waals surface area contributed by atoms with Gasteiger partial charge in [-0.25, -0.2) is 4.79 Å². The van der Waals surface area contributed by atoms with Gasteiger partial charge >= 0.3 is 5.97 Å². The van der Waals surface area contributed by atoms with Crippen LogP contribution in [-0.4, -0.2) is 40.8 Å². The molecule has 0 atom stereocenters. The lowest BCUT2D eigenvalue weighted by atomic mass is 10.1. The Bertz CT molecular complexity index is 1650. The molecule has 0 aliphatic heterocycles. The van der Waals surface area contributed by atoms with E-state index in [-0.39, 0.29) is 5.91 Å². The summed E-state index contributed by atoms with van der Waals surface area (Å²) in [5.41, 5.74) is 4.97. The molecule has 0 saturated carbocycles. The first kappa shape index (κ1) is 24.6. The van der Waals surface area contributed by atoms with E-state index in [1.807, 2.05) is 77.6 Å². The minimum Gasteiger partial charge on any atom is -0.466 e. The number of ether oxygens (including phenoxy) is 2. The van der Waals surface area contributed by atoms with Gasteiger partial charge in [-0.05, 0) is 59.7 Å². The Kier molecular flexibility index (Phi) is 7.04. The number of rotatable bonds is 8. The van der Waals surface area contributed by atoms with E-state index < -0.39 is 5.97 Å². The van der Waals surface area contributed by atoms with Crippen LogP contribution in [0, 0.1) is 0 Å². The van der Waals surface area contributed by atoms with Crippen molar-refractivity contribution in [2.45, 2.75) is 6.54 Å². The highest BCUT2D eigenvalue weighted by Gasteiger charge is 2.17. The number of fused-ring (bicyclic) bond motifs is 1. The molecule has 0 spiro atoms. The zero-order valence-corrected chi connectivity index (χ0v) is 21.0. The minimum atomic E-state index is -0.395. The quantitative estimate of drug-likeness (QED) is 0.216. The molecule has 0 radical (unpaired) electrons. The van der Waals surface area contributed by atoms with Crippen LogP contribution in [0.3, 0.4) is 0 Å². The zero-order valence-electron chi connectivity index (χ0n) is 21.0. The number of nitrogens with zero attached hydrogens (tertiary/aromatic N) is 2. The number of carbonyl (C=O) groups excluding carboxylic acids is 2. The summed E-state index contributed by atoms with van der Waals surface area (Å²) in [5.74, 6) is 0.459. The maximum absolute atomic E-state index is 12.6. The number of methoxy groups -OCH3 is 1.